The van der Waals surface area contributed by atoms with E-state index in [-0.39, 0.29) is 0 Å². The van der Waals surface area contributed by atoms with Gasteiger partial charge < -0.3 is 19.7 Å². The summed E-state index contributed by atoms with van der Waals surface area (Å²) < 4.78 is 11.3. The van der Waals surface area contributed by atoms with Crippen molar-refractivity contribution >= 4 is 17.3 Å². The van der Waals surface area contributed by atoms with Gasteiger partial charge in [-0.25, -0.2) is 9.97 Å². The molecule has 0 radical (unpaired) electrons. The van der Waals surface area contributed by atoms with Crippen LogP contribution in [0, 0.1) is 11.3 Å². The summed E-state index contributed by atoms with van der Waals surface area (Å²) in [6.07, 6.45) is 3.23. The van der Waals surface area contributed by atoms with Crippen molar-refractivity contribution < 1.29 is 9.47 Å². The topological polar surface area (TPSA) is 83.3 Å². The molecular formula is C21H19N5O2. The van der Waals surface area contributed by atoms with Gasteiger partial charge in [0, 0.05) is 30.5 Å². The van der Waals surface area contributed by atoms with Gasteiger partial charge in [-0.05, 0) is 30.3 Å². The van der Waals surface area contributed by atoms with E-state index in [4.69, 9.17) is 14.7 Å². The van der Waals surface area contributed by atoms with Crippen LogP contribution >= 0.6 is 0 Å². The van der Waals surface area contributed by atoms with Crippen LogP contribution in [0.1, 0.15) is 5.56 Å². The zero-order valence-electron chi connectivity index (χ0n) is 15.2. The third-order valence-corrected chi connectivity index (χ3v) is 4.31. The molecule has 0 atom stereocenters. The van der Waals surface area contributed by atoms with E-state index >= 15 is 0 Å². The van der Waals surface area contributed by atoms with Crippen LogP contribution < -0.4 is 15.0 Å². The zero-order valence-corrected chi connectivity index (χ0v) is 15.2. The Bertz CT molecular complexity index is 979. The number of nitriles is 1. The number of nitrogens with zero attached hydrogens (tertiary/aromatic N) is 4. The summed E-state index contributed by atoms with van der Waals surface area (Å²) in [5, 5.41) is 12.0. The standard InChI is InChI=1S/C21H19N5O2/c22-13-16-3-1-4-17(11-16)25-21-23-14-20(15-24-21)28-19-6-2-5-18(12-19)26-7-9-27-10-8-26/h1-6,11-12,14-15H,7-10H2,(H,23,24,25). The number of nitrogens with one attached hydrogen (secondary N) is 1. The van der Waals surface area contributed by atoms with Crippen LogP contribution in [0.25, 0.3) is 0 Å². The fraction of sp³-hybridized carbons (Fsp3) is 0.190. The number of morpholine rings is 1. The minimum absolute atomic E-state index is 0.435. The minimum Gasteiger partial charge on any atom is -0.454 e. The molecular weight excluding hydrogens is 354 g/mol. The summed E-state index contributed by atoms with van der Waals surface area (Å²) >= 11 is 0. The number of hydrogen-bond acceptors (Lipinski definition) is 7. The first-order valence-electron chi connectivity index (χ1n) is 9.00. The molecule has 3 aromatic rings. The maximum Gasteiger partial charge on any atom is 0.227 e. The lowest BCUT2D eigenvalue weighted by Gasteiger charge is -2.29. The molecule has 0 spiro atoms. The Kier molecular flexibility index (Phi) is 5.31. The van der Waals surface area contributed by atoms with E-state index in [2.05, 4.69) is 32.3 Å². The fourth-order valence-corrected chi connectivity index (χ4v) is 2.93. The number of rotatable bonds is 5. The molecule has 140 valence electrons. The van der Waals surface area contributed by atoms with Crippen molar-refractivity contribution in [3.05, 3.63) is 66.5 Å². The van der Waals surface area contributed by atoms with E-state index in [9.17, 15) is 0 Å². The van der Waals surface area contributed by atoms with Gasteiger partial charge in [0.25, 0.3) is 0 Å². The van der Waals surface area contributed by atoms with E-state index in [0.717, 1.165) is 43.4 Å². The Labute approximate surface area is 163 Å². The zero-order chi connectivity index (χ0) is 19.2. The predicted molar refractivity (Wildman–Crippen MR) is 106 cm³/mol. The van der Waals surface area contributed by atoms with E-state index in [1.165, 1.54) is 0 Å². The lowest BCUT2D eigenvalue weighted by atomic mass is 10.2. The molecule has 0 bridgehead atoms. The highest BCUT2D eigenvalue weighted by Crippen LogP contribution is 2.26. The molecule has 0 saturated carbocycles. The second-order valence-corrected chi connectivity index (χ2v) is 6.26. The van der Waals surface area contributed by atoms with Crippen LogP contribution in [0.15, 0.2) is 60.9 Å². The van der Waals surface area contributed by atoms with E-state index in [1.54, 1.807) is 30.6 Å². The van der Waals surface area contributed by atoms with Gasteiger partial charge in [0.2, 0.25) is 5.95 Å². The molecule has 0 unspecified atom stereocenters. The Hall–Kier alpha value is -3.63. The molecule has 1 aliphatic heterocycles. The Morgan fingerprint density at radius 1 is 1.00 bits per heavy atom. The smallest absolute Gasteiger partial charge is 0.227 e. The van der Waals surface area contributed by atoms with E-state index < -0.39 is 0 Å². The summed E-state index contributed by atoms with van der Waals surface area (Å²) in [6.45, 7) is 3.23. The van der Waals surface area contributed by atoms with E-state index in [0.29, 0.717) is 17.3 Å². The van der Waals surface area contributed by atoms with Crippen molar-refractivity contribution in [1.82, 2.24) is 9.97 Å². The third-order valence-electron chi connectivity index (χ3n) is 4.31. The van der Waals surface area contributed by atoms with Gasteiger partial charge in [-0.2, -0.15) is 5.26 Å². The van der Waals surface area contributed by atoms with Crippen molar-refractivity contribution in [3.63, 3.8) is 0 Å². The number of benzene rings is 2. The molecule has 1 aliphatic rings. The first kappa shape index (κ1) is 17.8. The highest BCUT2D eigenvalue weighted by Gasteiger charge is 2.12. The quantitative estimate of drug-likeness (QED) is 0.730. The predicted octanol–water partition coefficient (Wildman–Crippen LogP) is 3.72. The molecule has 2 aromatic carbocycles. The molecule has 28 heavy (non-hydrogen) atoms. The molecule has 4 rings (SSSR count). The number of anilines is 3. The van der Waals surface area contributed by atoms with Gasteiger partial charge in [0.15, 0.2) is 5.75 Å². The summed E-state index contributed by atoms with van der Waals surface area (Å²) in [5.74, 6) is 1.72. The van der Waals surface area contributed by atoms with Crippen LogP contribution in [0.2, 0.25) is 0 Å². The molecule has 1 fully saturated rings. The van der Waals surface area contributed by atoms with E-state index in [1.807, 2.05) is 24.3 Å². The highest BCUT2D eigenvalue weighted by molar-refractivity contribution is 5.56. The molecule has 1 N–H and O–H groups in total. The highest BCUT2D eigenvalue weighted by atomic mass is 16.5. The molecule has 7 heteroatoms. The van der Waals surface area contributed by atoms with Crippen molar-refractivity contribution in [2.75, 3.05) is 36.5 Å². The SMILES string of the molecule is N#Cc1cccc(Nc2ncc(Oc3cccc(N4CCOCC4)c3)cn2)c1. The summed E-state index contributed by atoms with van der Waals surface area (Å²) in [6, 6.07) is 17.2. The lowest BCUT2D eigenvalue weighted by molar-refractivity contribution is 0.122. The molecule has 1 saturated heterocycles. The van der Waals surface area contributed by atoms with Gasteiger partial charge in [-0.15, -0.1) is 0 Å². The third kappa shape index (κ3) is 4.37. The summed E-state index contributed by atoms with van der Waals surface area (Å²) in [4.78, 5) is 10.8. The number of hydrogen-bond donors (Lipinski definition) is 1. The van der Waals surface area contributed by atoms with Gasteiger partial charge in [0.1, 0.15) is 5.75 Å². The van der Waals surface area contributed by atoms with Gasteiger partial charge in [-0.1, -0.05) is 12.1 Å². The van der Waals surface area contributed by atoms with Crippen molar-refractivity contribution in [2.45, 2.75) is 0 Å². The fourth-order valence-electron chi connectivity index (χ4n) is 2.93. The minimum atomic E-state index is 0.435. The van der Waals surface area contributed by atoms with Crippen molar-refractivity contribution in [3.8, 4) is 17.6 Å². The van der Waals surface area contributed by atoms with Gasteiger partial charge in [-0.3, -0.25) is 0 Å². The van der Waals surface area contributed by atoms with Crippen molar-refractivity contribution in [2.24, 2.45) is 0 Å². The van der Waals surface area contributed by atoms with Gasteiger partial charge in [0.05, 0.1) is 37.2 Å². The lowest BCUT2D eigenvalue weighted by Crippen LogP contribution is -2.36. The second-order valence-electron chi connectivity index (χ2n) is 6.26. The maximum atomic E-state index is 8.97. The molecule has 1 aromatic heterocycles. The number of ether oxygens (including phenoxy) is 2. The van der Waals surface area contributed by atoms with Crippen molar-refractivity contribution in [1.29, 1.82) is 5.26 Å². The van der Waals surface area contributed by atoms with Crippen LogP contribution in [0.5, 0.6) is 11.5 Å². The normalized spacial score (nSPS) is 13.6. The van der Waals surface area contributed by atoms with Crippen LogP contribution in [0.3, 0.4) is 0 Å². The van der Waals surface area contributed by atoms with Crippen LogP contribution in [0.4, 0.5) is 17.3 Å². The van der Waals surface area contributed by atoms with Gasteiger partial charge >= 0.3 is 0 Å². The van der Waals surface area contributed by atoms with Crippen LogP contribution in [-0.4, -0.2) is 36.3 Å². The second kappa shape index (κ2) is 8.37. The van der Waals surface area contributed by atoms with Crippen LogP contribution in [-0.2, 0) is 4.74 Å². The Morgan fingerprint density at radius 2 is 1.79 bits per heavy atom. The average Bonchev–Trinajstić information content (AvgIpc) is 2.76. The first-order valence-corrected chi connectivity index (χ1v) is 9.00. The molecule has 2 heterocycles. The molecule has 7 nitrogen and oxygen atoms in total. The molecule has 0 amide bonds. The Balaban J connectivity index is 1.42. The maximum absolute atomic E-state index is 8.97. The summed E-state index contributed by atoms with van der Waals surface area (Å²) in [5.41, 5.74) is 2.44. The first-order chi connectivity index (χ1) is 13.8. The summed E-state index contributed by atoms with van der Waals surface area (Å²) in [7, 11) is 0. The monoisotopic (exact) mass is 373 g/mol. The average molecular weight is 373 g/mol. The Morgan fingerprint density at radius 3 is 2.57 bits per heavy atom. The largest absolute Gasteiger partial charge is 0.454 e. The molecule has 0 aliphatic carbocycles. The number of aromatic nitrogens is 2.